The van der Waals surface area contributed by atoms with Crippen LogP contribution in [0.25, 0.3) is 0 Å². The van der Waals surface area contributed by atoms with E-state index in [0.717, 1.165) is 30.2 Å². The zero-order valence-corrected chi connectivity index (χ0v) is 13.1. The van der Waals surface area contributed by atoms with Crippen LogP contribution in [0.4, 0.5) is 0 Å². The Kier molecular flexibility index (Phi) is 5.47. The van der Waals surface area contributed by atoms with E-state index < -0.39 is 0 Å². The highest BCUT2D eigenvalue weighted by Gasteiger charge is 2.20. The summed E-state index contributed by atoms with van der Waals surface area (Å²) in [6.45, 7) is 2.93. The normalized spacial score (nSPS) is 15.0. The number of hydrogen-bond donors (Lipinski definition) is 0. The molecule has 100 valence electrons. The molecule has 1 aromatic rings. The van der Waals surface area contributed by atoms with E-state index in [2.05, 4.69) is 33.9 Å². The van der Waals surface area contributed by atoms with Crippen molar-refractivity contribution in [1.29, 1.82) is 0 Å². The summed E-state index contributed by atoms with van der Waals surface area (Å²) in [5, 5.41) is 0. The summed E-state index contributed by atoms with van der Waals surface area (Å²) < 4.78 is 10.7. The van der Waals surface area contributed by atoms with Crippen molar-refractivity contribution in [2.45, 2.75) is 18.2 Å². The lowest BCUT2D eigenvalue weighted by Crippen LogP contribution is -2.20. The molecule has 2 rings (SSSR count). The Balaban J connectivity index is 0.00000162. The largest absolute Gasteiger partial charge is 0.493 e. The Bertz CT molecular complexity index is 461. The first-order valence-corrected chi connectivity index (χ1v) is 6.52. The van der Waals surface area contributed by atoms with Crippen LogP contribution in [0, 0.1) is 0 Å². The van der Waals surface area contributed by atoms with Crippen LogP contribution in [-0.4, -0.2) is 31.3 Å². The number of aliphatic imine (C=N–C) groups is 1. The Labute approximate surface area is 122 Å². The van der Waals surface area contributed by atoms with E-state index in [1.54, 1.807) is 14.2 Å². The van der Waals surface area contributed by atoms with Crippen LogP contribution >= 0.6 is 28.3 Å². The number of halogens is 2. The van der Waals surface area contributed by atoms with Gasteiger partial charge in [0.1, 0.15) is 0 Å². The molecule has 0 aliphatic carbocycles. The Morgan fingerprint density at radius 3 is 2.39 bits per heavy atom. The van der Waals surface area contributed by atoms with Gasteiger partial charge in [-0.3, -0.25) is 4.99 Å². The standard InChI is InChI=1S/C13H16BrNO2.ClH/c1-8(14)13-10-7-12(17-3)11(16-2)6-9(10)4-5-15-13;/h6-8H,4-5H2,1-3H3;1H. The summed E-state index contributed by atoms with van der Waals surface area (Å²) in [6.07, 6.45) is 0.957. The van der Waals surface area contributed by atoms with Crippen LogP contribution in [0.15, 0.2) is 17.1 Å². The number of methoxy groups -OCH3 is 2. The van der Waals surface area contributed by atoms with Crippen molar-refractivity contribution >= 4 is 34.0 Å². The molecule has 1 aliphatic heterocycles. The molecule has 18 heavy (non-hydrogen) atoms. The zero-order valence-electron chi connectivity index (χ0n) is 10.7. The minimum absolute atomic E-state index is 0. The van der Waals surface area contributed by atoms with Crippen molar-refractivity contribution in [3.8, 4) is 11.5 Å². The van der Waals surface area contributed by atoms with Crippen molar-refractivity contribution in [1.82, 2.24) is 0 Å². The fourth-order valence-electron chi connectivity index (χ4n) is 2.09. The van der Waals surface area contributed by atoms with Gasteiger partial charge in [-0.2, -0.15) is 0 Å². The maximum absolute atomic E-state index is 5.34. The number of ether oxygens (including phenoxy) is 2. The first kappa shape index (κ1) is 15.3. The van der Waals surface area contributed by atoms with Gasteiger partial charge in [-0.25, -0.2) is 0 Å². The van der Waals surface area contributed by atoms with Gasteiger partial charge in [0, 0.05) is 12.1 Å². The number of hydrogen-bond acceptors (Lipinski definition) is 3. The lowest BCUT2D eigenvalue weighted by atomic mass is 9.95. The van der Waals surface area contributed by atoms with Gasteiger partial charge < -0.3 is 9.47 Å². The van der Waals surface area contributed by atoms with Crippen molar-refractivity contribution in [3.05, 3.63) is 23.3 Å². The summed E-state index contributed by atoms with van der Waals surface area (Å²) in [4.78, 5) is 4.82. The van der Waals surface area contributed by atoms with Gasteiger partial charge in [0.25, 0.3) is 0 Å². The highest BCUT2D eigenvalue weighted by atomic mass is 79.9. The van der Waals surface area contributed by atoms with Crippen molar-refractivity contribution in [2.24, 2.45) is 4.99 Å². The first-order chi connectivity index (χ1) is 8.17. The minimum atomic E-state index is 0. The van der Waals surface area contributed by atoms with Crippen LogP contribution in [0.2, 0.25) is 0 Å². The fraction of sp³-hybridized carbons (Fsp3) is 0.462. The molecule has 3 nitrogen and oxygen atoms in total. The topological polar surface area (TPSA) is 30.8 Å². The highest BCUT2D eigenvalue weighted by molar-refractivity contribution is 9.10. The van der Waals surface area contributed by atoms with Crippen molar-refractivity contribution in [3.63, 3.8) is 0 Å². The van der Waals surface area contributed by atoms with Gasteiger partial charge in [0.05, 0.1) is 24.8 Å². The number of rotatable bonds is 3. The van der Waals surface area contributed by atoms with Gasteiger partial charge >= 0.3 is 0 Å². The highest BCUT2D eigenvalue weighted by Crippen LogP contribution is 2.33. The first-order valence-electron chi connectivity index (χ1n) is 5.61. The van der Waals surface area contributed by atoms with Gasteiger partial charge in [0.2, 0.25) is 0 Å². The molecular weight excluding hydrogens is 318 g/mol. The lowest BCUT2D eigenvalue weighted by molar-refractivity contribution is 0.354. The minimum Gasteiger partial charge on any atom is -0.493 e. The molecule has 1 atom stereocenters. The molecule has 0 spiro atoms. The van der Waals surface area contributed by atoms with Crippen LogP contribution in [0.1, 0.15) is 18.1 Å². The molecule has 0 N–H and O–H groups in total. The second kappa shape index (κ2) is 6.43. The van der Waals surface area contributed by atoms with Gasteiger partial charge in [-0.15, -0.1) is 12.4 Å². The summed E-state index contributed by atoms with van der Waals surface area (Å²) in [5.74, 6) is 1.55. The molecule has 0 amide bonds. The maximum atomic E-state index is 5.34. The Morgan fingerprint density at radius 1 is 1.22 bits per heavy atom. The lowest BCUT2D eigenvalue weighted by Gasteiger charge is -2.21. The summed E-state index contributed by atoms with van der Waals surface area (Å²) in [5.41, 5.74) is 3.53. The molecule has 0 aromatic heterocycles. The summed E-state index contributed by atoms with van der Waals surface area (Å²) >= 11 is 3.58. The second-order valence-corrected chi connectivity index (χ2v) is 5.37. The van der Waals surface area contributed by atoms with Gasteiger partial charge in [-0.05, 0) is 31.0 Å². The van der Waals surface area contributed by atoms with Crippen molar-refractivity contribution in [2.75, 3.05) is 20.8 Å². The molecule has 5 heteroatoms. The maximum Gasteiger partial charge on any atom is 0.161 e. The van der Waals surface area contributed by atoms with E-state index in [9.17, 15) is 0 Å². The van der Waals surface area contributed by atoms with E-state index >= 15 is 0 Å². The smallest absolute Gasteiger partial charge is 0.161 e. The summed E-state index contributed by atoms with van der Waals surface area (Å²) in [7, 11) is 3.32. The third kappa shape index (κ3) is 2.81. The molecule has 1 heterocycles. The van der Waals surface area contributed by atoms with E-state index in [-0.39, 0.29) is 17.2 Å². The van der Waals surface area contributed by atoms with Gasteiger partial charge in [-0.1, -0.05) is 15.9 Å². The van der Waals surface area contributed by atoms with Crippen LogP contribution in [0.5, 0.6) is 11.5 Å². The van der Waals surface area contributed by atoms with Crippen LogP contribution < -0.4 is 9.47 Å². The second-order valence-electron chi connectivity index (χ2n) is 4.00. The molecule has 1 aromatic carbocycles. The molecule has 1 aliphatic rings. The number of alkyl halides is 1. The SMILES string of the molecule is COc1cc2c(cc1OC)C(C(C)Br)=NCC2.Cl. The average molecular weight is 335 g/mol. The predicted molar refractivity (Wildman–Crippen MR) is 80.3 cm³/mol. The molecule has 0 bridgehead atoms. The van der Waals surface area contributed by atoms with E-state index in [0.29, 0.717) is 0 Å². The zero-order chi connectivity index (χ0) is 12.4. The van der Waals surface area contributed by atoms with Gasteiger partial charge in [0.15, 0.2) is 11.5 Å². The number of fused-ring (bicyclic) bond motifs is 1. The van der Waals surface area contributed by atoms with Crippen LogP contribution in [0.3, 0.4) is 0 Å². The molecule has 0 saturated carbocycles. The Hall–Kier alpha value is -0.740. The van der Waals surface area contributed by atoms with Crippen LogP contribution in [-0.2, 0) is 6.42 Å². The molecule has 1 unspecified atom stereocenters. The van der Waals surface area contributed by atoms with Crippen molar-refractivity contribution < 1.29 is 9.47 Å². The third-order valence-electron chi connectivity index (χ3n) is 2.93. The quantitative estimate of drug-likeness (QED) is 0.795. The van der Waals surface area contributed by atoms with E-state index in [4.69, 9.17) is 9.47 Å². The molecule has 0 saturated heterocycles. The summed E-state index contributed by atoms with van der Waals surface area (Å²) in [6, 6.07) is 4.07. The molecular formula is C13H17BrClNO2. The predicted octanol–water partition coefficient (Wildman–Crippen LogP) is 3.25. The van der Waals surface area contributed by atoms with E-state index in [1.807, 2.05) is 6.07 Å². The number of benzene rings is 1. The fourth-order valence-corrected chi connectivity index (χ4v) is 2.48. The third-order valence-corrected chi connectivity index (χ3v) is 3.36. The number of nitrogens with zero attached hydrogens (tertiary/aromatic N) is 1. The average Bonchev–Trinajstić information content (AvgIpc) is 2.35. The van der Waals surface area contributed by atoms with E-state index in [1.165, 1.54) is 11.1 Å². The monoisotopic (exact) mass is 333 g/mol. The molecule has 0 radical (unpaired) electrons. The Morgan fingerprint density at radius 2 is 1.83 bits per heavy atom. The molecule has 0 fully saturated rings.